The lowest BCUT2D eigenvalue weighted by Gasteiger charge is -2.34. The third kappa shape index (κ3) is 2.98. The van der Waals surface area contributed by atoms with Gasteiger partial charge in [0, 0.05) is 12.0 Å². The summed E-state index contributed by atoms with van der Waals surface area (Å²) in [5.41, 5.74) is 0.597. The van der Waals surface area contributed by atoms with Crippen molar-refractivity contribution in [3.05, 3.63) is 29.8 Å². The second kappa shape index (κ2) is 5.74. The number of para-hydroxylation sites is 1. The van der Waals surface area contributed by atoms with Gasteiger partial charge in [0.15, 0.2) is 5.78 Å². The minimum absolute atomic E-state index is 0.263. The van der Waals surface area contributed by atoms with Crippen LogP contribution in [-0.2, 0) is 11.2 Å². The Balaban J connectivity index is 2.11. The molecular weight excluding hydrogens is 238 g/mol. The van der Waals surface area contributed by atoms with Gasteiger partial charge in [-0.1, -0.05) is 18.2 Å². The van der Waals surface area contributed by atoms with Crippen molar-refractivity contribution >= 4 is 5.78 Å². The van der Waals surface area contributed by atoms with Crippen LogP contribution in [0.15, 0.2) is 24.3 Å². The number of nitrogens with zero attached hydrogens (tertiary/aromatic N) is 1. The average Bonchev–Trinajstić information content (AvgIpc) is 2.93. The molecule has 0 bridgehead atoms. The van der Waals surface area contributed by atoms with E-state index in [1.807, 2.05) is 38.1 Å². The fourth-order valence-electron chi connectivity index (χ4n) is 2.69. The quantitative estimate of drug-likeness (QED) is 0.816. The number of carbonyl (C=O) groups is 1. The molecule has 3 nitrogen and oxygen atoms in total. The van der Waals surface area contributed by atoms with E-state index >= 15 is 0 Å². The summed E-state index contributed by atoms with van der Waals surface area (Å²) in [6.45, 7) is 6.14. The fourth-order valence-corrected chi connectivity index (χ4v) is 2.69. The van der Waals surface area contributed by atoms with E-state index < -0.39 is 0 Å². The first kappa shape index (κ1) is 14.1. The third-order valence-corrected chi connectivity index (χ3v) is 4.12. The maximum Gasteiger partial charge on any atom is 0.157 e. The number of Topliss-reactive ketones (excluding diaryl/α,β-unsaturated/α-hetero) is 1. The van der Waals surface area contributed by atoms with E-state index in [9.17, 15) is 4.79 Å². The molecule has 0 aromatic heterocycles. The summed E-state index contributed by atoms with van der Waals surface area (Å²) in [7, 11) is 1.65. The first-order chi connectivity index (χ1) is 9.05. The molecule has 1 heterocycles. The second-order valence-corrected chi connectivity index (χ2v) is 5.66. The van der Waals surface area contributed by atoms with Crippen LogP contribution in [0.3, 0.4) is 0 Å². The largest absolute Gasteiger partial charge is 0.496 e. The molecular formula is C16H23NO2. The highest BCUT2D eigenvalue weighted by molar-refractivity contribution is 5.89. The van der Waals surface area contributed by atoms with Crippen molar-refractivity contribution in [1.29, 1.82) is 0 Å². The zero-order chi connectivity index (χ0) is 13.9. The monoisotopic (exact) mass is 261 g/mol. The smallest absolute Gasteiger partial charge is 0.157 e. The minimum atomic E-state index is -0.378. The number of likely N-dealkylation sites (tertiary alicyclic amines) is 1. The number of rotatable bonds is 5. The first-order valence-corrected chi connectivity index (χ1v) is 6.96. The SMILES string of the molecule is COc1ccccc1CC(=O)C(C)(C)N1CCCC1. The number of hydrogen-bond donors (Lipinski definition) is 0. The number of carbonyl (C=O) groups excluding carboxylic acids is 1. The Morgan fingerprint density at radius 3 is 2.53 bits per heavy atom. The van der Waals surface area contributed by atoms with Gasteiger partial charge in [0.25, 0.3) is 0 Å². The average molecular weight is 261 g/mol. The lowest BCUT2D eigenvalue weighted by atomic mass is 9.91. The highest BCUT2D eigenvalue weighted by Gasteiger charge is 2.35. The van der Waals surface area contributed by atoms with Crippen molar-refractivity contribution in [2.24, 2.45) is 0 Å². The molecule has 3 heteroatoms. The van der Waals surface area contributed by atoms with Gasteiger partial charge < -0.3 is 4.74 Å². The summed E-state index contributed by atoms with van der Waals surface area (Å²) >= 11 is 0. The summed E-state index contributed by atoms with van der Waals surface area (Å²) in [5, 5.41) is 0. The topological polar surface area (TPSA) is 29.5 Å². The maximum atomic E-state index is 12.6. The highest BCUT2D eigenvalue weighted by Crippen LogP contribution is 2.25. The van der Waals surface area contributed by atoms with Gasteiger partial charge in [-0.25, -0.2) is 0 Å². The van der Waals surface area contributed by atoms with Crippen LogP contribution in [0.1, 0.15) is 32.3 Å². The maximum absolute atomic E-state index is 12.6. The molecule has 0 amide bonds. The molecule has 1 fully saturated rings. The molecule has 0 aliphatic carbocycles. The van der Waals surface area contributed by atoms with E-state index in [2.05, 4.69) is 4.90 Å². The fraction of sp³-hybridized carbons (Fsp3) is 0.562. The van der Waals surface area contributed by atoms with Gasteiger partial charge in [0.1, 0.15) is 5.75 Å². The molecule has 1 aliphatic heterocycles. The van der Waals surface area contributed by atoms with Crippen LogP contribution in [0.25, 0.3) is 0 Å². The van der Waals surface area contributed by atoms with Crippen LogP contribution < -0.4 is 4.74 Å². The van der Waals surface area contributed by atoms with Crippen molar-refractivity contribution in [2.75, 3.05) is 20.2 Å². The molecule has 1 saturated heterocycles. The molecule has 0 spiro atoms. The van der Waals surface area contributed by atoms with E-state index in [4.69, 9.17) is 4.74 Å². The Bertz CT molecular complexity index is 448. The van der Waals surface area contributed by atoms with Crippen LogP contribution in [-0.4, -0.2) is 36.4 Å². The predicted octanol–water partition coefficient (Wildman–Crippen LogP) is 2.68. The Kier molecular flexibility index (Phi) is 4.25. The van der Waals surface area contributed by atoms with Gasteiger partial charge in [-0.3, -0.25) is 9.69 Å². The predicted molar refractivity (Wildman–Crippen MR) is 76.6 cm³/mol. The molecule has 104 valence electrons. The van der Waals surface area contributed by atoms with E-state index in [0.29, 0.717) is 6.42 Å². The van der Waals surface area contributed by atoms with Crippen molar-refractivity contribution in [3.63, 3.8) is 0 Å². The Morgan fingerprint density at radius 2 is 1.89 bits per heavy atom. The molecule has 0 radical (unpaired) electrons. The van der Waals surface area contributed by atoms with Gasteiger partial charge in [-0.15, -0.1) is 0 Å². The number of ether oxygens (including phenoxy) is 1. The number of methoxy groups -OCH3 is 1. The lowest BCUT2D eigenvalue weighted by molar-refractivity contribution is -0.128. The lowest BCUT2D eigenvalue weighted by Crippen LogP contribution is -2.49. The molecule has 0 unspecified atom stereocenters. The Hall–Kier alpha value is -1.35. The summed E-state index contributed by atoms with van der Waals surface area (Å²) in [6, 6.07) is 7.76. The van der Waals surface area contributed by atoms with E-state index in [1.54, 1.807) is 7.11 Å². The zero-order valence-corrected chi connectivity index (χ0v) is 12.1. The van der Waals surface area contributed by atoms with E-state index in [0.717, 1.165) is 24.4 Å². The van der Waals surface area contributed by atoms with E-state index in [1.165, 1.54) is 12.8 Å². The molecule has 0 saturated carbocycles. The molecule has 1 aliphatic rings. The summed E-state index contributed by atoms with van der Waals surface area (Å²) < 4.78 is 5.32. The number of hydrogen-bond acceptors (Lipinski definition) is 3. The summed E-state index contributed by atoms with van der Waals surface area (Å²) in [5.74, 6) is 1.06. The van der Waals surface area contributed by atoms with Gasteiger partial charge in [-0.2, -0.15) is 0 Å². The normalized spacial score (nSPS) is 16.6. The van der Waals surface area contributed by atoms with Crippen LogP contribution in [0.5, 0.6) is 5.75 Å². The third-order valence-electron chi connectivity index (χ3n) is 4.12. The van der Waals surface area contributed by atoms with Crippen LogP contribution in [0.4, 0.5) is 0 Å². The van der Waals surface area contributed by atoms with Gasteiger partial charge in [0.2, 0.25) is 0 Å². The Labute approximate surface area is 115 Å². The van der Waals surface area contributed by atoms with Crippen LogP contribution in [0.2, 0.25) is 0 Å². The molecule has 1 aromatic carbocycles. The van der Waals surface area contributed by atoms with Crippen molar-refractivity contribution < 1.29 is 9.53 Å². The Morgan fingerprint density at radius 1 is 1.26 bits per heavy atom. The van der Waals surface area contributed by atoms with Gasteiger partial charge in [0.05, 0.1) is 12.6 Å². The standard InChI is InChI=1S/C16H23NO2/c1-16(2,17-10-6-7-11-17)15(18)12-13-8-4-5-9-14(13)19-3/h4-5,8-9H,6-7,10-12H2,1-3H3. The molecule has 2 rings (SSSR count). The summed E-state index contributed by atoms with van der Waals surface area (Å²) in [6.07, 6.45) is 2.84. The zero-order valence-electron chi connectivity index (χ0n) is 12.1. The van der Waals surface area contributed by atoms with Gasteiger partial charge >= 0.3 is 0 Å². The minimum Gasteiger partial charge on any atom is -0.496 e. The van der Waals surface area contributed by atoms with Crippen molar-refractivity contribution in [1.82, 2.24) is 4.90 Å². The van der Waals surface area contributed by atoms with Crippen LogP contribution >= 0.6 is 0 Å². The van der Waals surface area contributed by atoms with Crippen molar-refractivity contribution in [3.8, 4) is 5.75 Å². The van der Waals surface area contributed by atoms with Gasteiger partial charge in [-0.05, 0) is 45.8 Å². The summed E-state index contributed by atoms with van der Waals surface area (Å²) in [4.78, 5) is 14.9. The molecule has 0 N–H and O–H groups in total. The molecule has 0 atom stereocenters. The molecule has 19 heavy (non-hydrogen) atoms. The second-order valence-electron chi connectivity index (χ2n) is 5.66. The van der Waals surface area contributed by atoms with Crippen molar-refractivity contribution in [2.45, 2.75) is 38.6 Å². The van der Waals surface area contributed by atoms with Crippen LogP contribution in [0, 0.1) is 0 Å². The highest BCUT2D eigenvalue weighted by atomic mass is 16.5. The van der Waals surface area contributed by atoms with E-state index in [-0.39, 0.29) is 11.3 Å². The molecule has 1 aromatic rings. The number of benzene rings is 1. The number of ketones is 1. The first-order valence-electron chi connectivity index (χ1n) is 6.96.